The Hall–Kier alpha value is -1.06. The Bertz CT molecular complexity index is 314. The van der Waals surface area contributed by atoms with Crippen molar-refractivity contribution in [2.45, 2.75) is 77.9 Å². The molecule has 110 valence electrons. The molecule has 1 aliphatic carbocycles. The summed E-state index contributed by atoms with van der Waals surface area (Å²) in [5, 5.41) is 2.74. The Morgan fingerprint density at radius 3 is 2.32 bits per heavy atom. The van der Waals surface area contributed by atoms with Gasteiger partial charge in [-0.25, -0.2) is 4.79 Å². The molecule has 0 aliphatic heterocycles. The fourth-order valence-electron chi connectivity index (χ4n) is 2.55. The number of alkyl carbamates (subject to hydrolysis) is 1. The summed E-state index contributed by atoms with van der Waals surface area (Å²) in [6.07, 6.45) is 5.54. The summed E-state index contributed by atoms with van der Waals surface area (Å²) in [7, 11) is 0. The number of nitrogens with one attached hydrogen (secondary N) is 1. The van der Waals surface area contributed by atoms with Crippen LogP contribution in [-0.2, 0) is 9.53 Å². The van der Waals surface area contributed by atoms with Gasteiger partial charge in [0.2, 0.25) is 0 Å². The maximum Gasteiger partial charge on any atom is 0.408 e. The largest absolute Gasteiger partial charge is 0.444 e. The highest BCUT2D eigenvalue weighted by molar-refractivity contribution is 5.87. The Labute approximate surface area is 116 Å². The quantitative estimate of drug-likeness (QED) is 0.831. The second kappa shape index (κ2) is 6.92. The monoisotopic (exact) mass is 269 g/mol. The number of hydrogen-bond acceptors (Lipinski definition) is 3. The minimum absolute atomic E-state index is 0.0951. The van der Waals surface area contributed by atoms with Crippen molar-refractivity contribution in [2.24, 2.45) is 5.92 Å². The van der Waals surface area contributed by atoms with Gasteiger partial charge in [-0.1, -0.05) is 32.6 Å². The number of rotatable bonds is 5. The highest BCUT2D eigenvalue weighted by Crippen LogP contribution is 2.29. The van der Waals surface area contributed by atoms with E-state index >= 15 is 0 Å². The molecule has 1 aliphatic rings. The number of ketones is 1. The molecule has 0 spiro atoms. The number of carbonyl (C=O) groups excluding carboxylic acids is 2. The fourth-order valence-corrected chi connectivity index (χ4v) is 2.55. The second-order valence-corrected chi connectivity index (χ2v) is 6.40. The number of Topliss-reactive ketones (excluding diaryl/α,β-unsaturated/α-hetero) is 1. The molecule has 4 heteroatoms. The van der Waals surface area contributed by atoms with E-state index in [1.54, 1.807) is 0 Å². The van der Waals surface area contributed by atoms with E-state index in [4.69, 9.17) is 4.74 Å². The first-order chi connectivity index (χ1) is 8.81. The maximum absolute atomic E-state index is 11.9. The average Bonchev–Trinajstić information content (AvgIpc) is 2.77. The third-order valence-electron chi connectivity index (χ3n) is 3.47. The van der Waals surface area contributed by atoms with Gasteiger partial charge in [0.25, 0.3) is 0 Å². The van der Waals surface area contributed by atoms with E-state index in [0.717, 1.165) is 6.42 Å². The molecule has 1 atom stereocenters. The third-order valence-corrected chi connectivity index (χ3v) is 3.47. The topological polar surface area (TPSA) is 55.4 Å². The fraction of sp³-hybridized carbons (Fsp3) is 0.867. The van der Waals surface area contributed by atoms with E-state index in [2.05, 4.69) is 5.32 Å². The summed E-state index contributed by atoms with van der Waals surface area (Å²) in [5.41, 5.74) is -0.531. The first-order valence-electron chi connectivity index (χ1n) is 7.34. The van der Waals surface area contributed by atoms with Crippen LogP contribution in [0.25, 0.3) is 0 Å². The normalized spacial score (nSPS) is 18.1. The summed E-state index contributed by atoms with van der Waals surface area (Å²) in [6, 6.07) is -0.386. The molecule has 19 heavy (non-hydrogen) atoms. The molecule has 1 rings (SSSR count). The first-order valence-corrected chi connectivity index (χ1v) is 7.34. The van der Waals surface area contributed by atoms with E-state index in [9.17, 15) is 9.59 Å². The predicted molar refractivity (Wildman–Crippen MR) is 75.0 cm³/mol. The van der Waals surface area contributed by atoms with Gasteiger partial charge in [-0.15, -0.1) is 0 Å². The molecule has 0 heterocycles. The van der Waals surface area contributed by atoms with Crippen molar-refractivity contribution in [1.29, 1.82) is 0 Å². The van der Waals surface area contributed by atoms with Gasteiger partial charge in [0.1, 0.15) is 5.60 Å². The molecule has 0 unspecified atom stereocenters. The maximum atomic E-state index is 11.9. The lowest BCUT2D eigenvalue weighted by Crippen LogP contribution is -2.44. The number of ether oxygens (including phenoxy) is 1. The van der Waals surface area contributed by atoms with Crippen LogP contribution in [0.4, 0.5) is 4.79 Å². The summed E-state index contributed by atoms with van der Waals surface area (Å²) in [6.45, 7) is 7.29. The van der Waals surface area contributed by atoms with Gasteiger partial charge in [0.05, 0.1) is 6.04 Å². The van der Waals surface area contributed by atoms with Crippen LogP contribution in [0.5, 0.6) is 0 Å². The van der Waals surface area contributed by atoms with Crippen LogP contribution < -0.4 is 5.32 Å². The summed E-state index contributed by atoms with van der Waals surface area (Å²) in [5.74, 6) is 0.660. The standard InChI is InChI=1S/C15H27NO3/c1-5-13(17)12(10-11-8-6-7-9-11)16-14(18)19-15(2,3)4/h11-12H,5-10H2,1-4H3,(H,16,18)/t12-/m0/s1. The van der Waals surface area contributed by atoms with Crippen molar-refractivity contribution in [3.05, 3.63) is 0 Å². The van der Waals surface area contributed by atoms with E-state index in [0.29, 0.717) is 12.3 Å². The SMILES string of the molecule is CCC(=O)[C@H](CC1CCCC1)NC(=O)OC(C)(C)C. The van der Waals surface area contributed by atoms with Crippen molar-refractivity contribution in [2.75, 3.05) is 0 Å². The predicted octanol–water partition coefficient (Wildman–Crippen LogP) is 3.44. The van der Waals surface area contributed by atoms with Crippen LogP contribution >= 0.6 is 0 Å². The molecular weight excluding hydrogens is 242 g/mol. The molecule has 0 aromatic carbocycles. The molecule has 1 saturated carbocycles. The van der Waals surface area contributed by atoms with Gasteiger partial charge < -0.3 is 10.1 Å². The van der Waals surface area contributed by atoms with Gasteiger partial charge in [0.15, 0.2) is 5.78 Å². The zero-order valence-electron chi connectivity index (χ0n) is 12.6. The lowest BCUT2D eigenvalue weighted by molar-refractivity contribution is -0.121. The van der Waals surface area contributed by atoms with Crippen LogP contribution in [0.1, 0.15) is 66.2 Å². The van der Waals surface area contributed by atoms with Crippen LogP contribution in [-0.4, -0.2) is 23.5 Å². The molecule has 0 aromatic rings. The van der Waals surface area contributed by atoms with Crippen LogP contribution in [0.15, 0.2) is 0 Å². The van der Waals surface area contributed by atoms with E-state index < -0.39 is 11.7 Å². The molecule has 0 saturated heterocycles. The van der Waals surface area contributed by atoms with Crippen LogP contribution in [0.2, 0.25) is 0 Å². The minimum atomic E-state index is -0.531. The smallest absolute Gasteiger partial charge is 0.408 e. The van der Waals surface area contributed by atoms with Gasteiger partial charge in [-0.3, -0.25) is 4.79 Å². The van der Waals surface area contributed by atoms with Crippen molar-refractivity contribution < 1.29 is 14.3 Å². The zero-order chi connectivity index (χ0) is 14.5. The summed E-state index contributed by atoms with van der Waals surface area (Å²) in [4.78, 5) is 23.7. The third kappa shape index (κ3) is 6.08. The minimum Gasteiger partial charge on any atom is -0.444 e. The van der Waals surface area contributed by atoms with Gasteiger partial charge in [-0.05, 0) is 33.1 Å². The zero-order valence-corrected chi connectivity index (χ0v) is 12.6. The van der Waals surface area contributed by atoms with Crippen LogP contribution in [0, 0.1) is 5.92 Å². The van der Waals surface area contributed by atoms with Crippen molar-refractivity contribution in [1.82, 2.24) is 5.32 Å². The number of amides is 1. The van der Waals surface area contributed by atoms with Crippen molar-refractivity contribution >= 4 is 11.9 Å². The Kier molecular flexibility index (Phi) is 5.83. The molecule has 0 radical (unpaired) electrons. The molecular formula is C15H27NO3. The highest BCUT2D eigenvalue weighted by Gasteiger charge is 2.27. The highest BCUT2D eigenvalue weighted by atomic mass is 16.6. The number of hydrogen-bond donors (Lipinski definition) is 1. The molecule has 0 aromatic heterocycles. The van der Waals surface area contributed by atoms with E-state index in [-0.39, 0.29) is 11.8 Å². The molecule has 1 amide bonds. The molecule has 1 fully saturated rings. The van der Waals surface area contributed by atoms with Gasteiger partial charge >= 0.3 is 6.09 Å². The van der Waals surface area contributed by atoms with Crippen molar-refractivity contribution in [3.8, 4) is 0 Å². The number of carbonyl (C=O) groups is 2. The van der Waals surface area contributed by atoms with Gasteiger partial charge in [-0.2, -0.15) is 0 Å². The van der Waals surface area contributed by atoms with Crippen LogP contribution in [0.3, 0.4) is 0 Å². The second-order valence-electron chi connectivity index (χ2n) is 6.40. The summed E-state index contributed by atoms with van der Waals surface area (Å²) >= 11 is 0. The molecule has 0 bridgehead atoms. The molecule has 1 N–H and O–H groups in total. The lowest BCUT2D eigenvalue weighted by atomic mass is 9.95. The first kappa shape index (κ1) is 16.0. The molecule has 4 nitrogen and oxygen atoms in total. The lowest BCUT2D eigenvalue weighted by Gasteiger charge is -2.24. The Morgan fingerprint density at radius 2 is 1.84 bits per heavy atom. The van der Waals surface area contributed by atoms with E-state index in [1.165, 1.54) is 25.7 Å². The Morgan fingerprint density at radius 1 is 1.26 bits per heavy atom. The van der Waals surface area contributed by atoms with Gasteiger partial charge in [0, 0.05) is 6.42 Å². The average molecular weight is 269 g/mol. The Balaban J connectivity index is 2.53. The van der Waals surface area contributed by atoms with E-state index in [1.807, 2.05) is 27.7 Å². The summed E-state index contributed by atoms with van der Waals surface area (Å²) < 4.78 is 5.23. The van der Waals surface area contributed by atoms with Crippen molar-refractivity contribution in [3.63, 3.8) is 0 Å².